The smallest absolute Gasteiger partial charge is 0.323 e. The Morgan fingerprint density at radius 3 is 2.65 bits per heavy atom. The molecule has 5 nitrogen and oxygen atoms in total. The number of hydrogen-bond acceptors (Lipinski definition) is 4. The lowest BCUT2D eigenvalue weighted by molar-refractivity contribution is -0.143. The third-order valence-electron chi connectivity index (χ3n) is 3.69. The highest BCUT2D eigenvalue weighted by Crippen LogP contribution is 2.12. The fourth-order valence-electron chi connectivity index (χ4n) is 2.24. The molecule has 0 aromatic heterocycles. The Balaban J connectivity index is 2.37. The number of hydrogen-bond donors (Lipinski definition) is 2. The maximum Gasteiger partial charge on any atom is 0.323 e. The maximum atomic E-state index is 10.9. The van der Waals surface area contributed by atoms with Gasteiger partial charge in [0.25, 0.3) is 0 Å². The summed E-state index contributed by atoms with van der Waals surface area (Å²) in [6, 6.07) is 0.544. The zero-order chi connectivity index (χ0) is 13.1. The van der Waals surface area contributed by atoms with Crippen LogP contribution in [0.4, 0.5) is 0 Å². The van der Waals surface area contributed by atoms with Crippen LogP contribution in [0.25, 0.3) is 0 Å². The molecule has 1 fully saturated rings. The highest BCUT2D eigenvalue weighted by Gasteiger charge is 2.29. The topological polar surface area (TPSA) is 69.8 Å². The SMILES string of the molecule is CCN1CCN(CCC(C)(N)C(=O)O)CC1C. The predicted molar refractivity (Wildman–Crippen MR) is 68.0 cm³/mol. The van der Waals surface area contributed by atoms with E-state index in [-0.39, 0.29) is 0 Å². The van der Waals surface area contributed by atoms with E-state index in [1.807, 2.05) is 0 Å². The van der Waals surface area contributed by atoms with Crippen molar-refractivity contribution in [1.82, 2.24) is 9.80 Å². The fourth-order valence-corrected chi connectivity index (χ4v) is 2.24. The van der Waals surface area contributed by atoms with Crippen molar-refractivity contribution in [1.29, 1.82) is 0 Å². The molecule has 1 aliphatic heterocycles. The van der Waals surface area contributed by atoms with Crippen LogP contribution in [0.15, 0.2) is 0 Å². The van der Waals surface area contributed by atoms with Gasteiger partial charge in [0.15, 0.2) is 0 Å². The molecule has 0 saturated carbocycles. The molecule has 0 bridgehead atoms. The van der Waals surface area contributed by atoms with E-state index in [1.54, 1.807) is 6.92 Å². The number of rotatable bonds is 5. The van der Waals surface area contributed by atoms with Gasteiger partial charge in [-0.15, -0.1) is 0 Å². The lowest BCUT2D eigenvalue weighted by Crippen LogP contribution is -2.54. The molecule has 3 N–H and O–H groups in total. The third kappa shape index (κ3) is 3.94. The van der Waals surface area contributed by atoms with Crippen LogP contribution in [0.5, 0.6) is 0 Å². The fraction of sp³-hybridized carbons (Fsp3) is 0.917. The maximum absolute atomic E-state index is 10.9. The molecule has 0 radical (unpaired) electrons. The van der Waals surface area contributed by atoms with Crippen LogP contribution < -0.4 is 5.73 Å². The van der Waals surface area contributed by atoms with Crippen molar-refractivity contribution in [3.05, 3.63) is 0 Å². The number of nitrogens with two attached hydrogens (primary N) is 1. The molecule has 100 valence electrons. The van der Waals surface area contributed by atoms with Gasteiger partial charge in [0, 0.05) is 32.2 Å². The van der Waals surface area contributed by atoms with E-state index in [0.717, 1.165) is 32.7 Å². The Hall–Kier alpha value is -0.650. The Kier molecular flexibility index (Phi) is 4.91. The van der Waals surface area contributed by atoms with E-state index in [0.29, 0.717) is 12.5 Å². The number of nitrogens with zero attached hydrogens (tertiary/aromatic N) is 2. The second-order valence-electron chi connectivity index (χ2n) is 5.25. The molecule has 1 saturated heterocycles. The molecule has 5 heteroatoms. The summed E-state index contributed by atoms with van der Waals surface area (Å²) in [6.07, 6.45) is 0.501. The van der Waals surface area contributed by atoms with Gasteiger partial charge in [-0.2, -0.15) is 0 Å². The average Bonchev–Trinajstić information content (AvgIpc) is 2.26. The minimum atomic E-state index is -1.11. The summed E-state index contributed by atoms with van der Waals surface area (Å²) in [4.78, 5) is 15.7. The second-order valence-corrected chi connectivity index (χ2v) is 5.25. The minimum absolute atomic E-state index is 0.501. The predicted octanol–water partition coefficient (Wildman–Crippen LogP) is 0.205. The van der Waals surface area contributed by atoms with Crippen LogP contribution in [0.1, 0.15) is 27.2 Å². The summed E-state index contributed by atoms with van der Waals surface area (Å²) >= 11 is 0. The van der Waals surface area contributed by atoms with Crippen LogP contribution in [0.2, 0.25) is 0 Å². The van der Waals surface area contributed by atoms with Crippen molar-refractivity contribution in [2.24, 2.45) is 5.73 Å². The molecule has 2 atom stereocenters. The molecule has 1 heterocycles. The minimum Gasteiger partial charge on any atom is -0.480 e. The van der Waals surface area contributed by atoms with E-state index in [9.17, 15) is 4.79 Å². The normalized spacial score (nSPS) is 26.7. The molecular formula is C12H25N3O2. The first-order chi connectivity index (χ1) is 7.86. The molecule has 1 aliphatic rings. The summed E-state index contributed by atoms with van der Waals surface area (Å²) in [5, 5.41) is 8.95. The molecule has 0 aromatic carbocycles. The summed E-state index contributed by atoms with van der Waals surface area (Å²) in [5.74, 6) is -0.919. The number of aliphatic carboxylic acids is 1. The zero-order valence-electron chi connectivity index (χ0n) is 11.1. The summed E-state index contributed by atoms with van der Waals surface area (Å²) in [6.45, 7) is 10.9. The van der Waals surface area contributed by atoms with E-state index < -0.39 is 11.5 Å². The second kappa shape index (κ2) is 5.80. The van der Waals surface area contributed by atoms with E-state index in [4.69, 9.17) is 10.8 Å². The monoisotopic (exact) mass is 243 g/mol. The van der Waals surface area contributed by atoms with Crippen molar-refractivity contribution in [3.8, 4) is 0 Å². The van der Waals surface area contributed by atoms with Gasteiger partial charge < -0.3 is 15.7 Å². The number of carboxylic acids is 1. The molecule has 0 aromatic rings. The van der Waals surface area contributed by atoms with Gasteiger partial charge in [-0.05, 0) is 26.8 Å². The molecule has 17 heavy (non-hydrogen) atoms. The average molecular weight is 243 g/mol. The van der Waals surface area contributed by atoms with Crippen LogP contribution >= 0.6 is 0 Å². The largest absolute Gasteiger partial charge is 0.480 e. The molecule has 0 spiro atoms. The lowest BCUT2D eigenvalue weighted by Gasteiger charge is -2.40. The summed E-state index contributed by atoms with van der Waals surface area (Å²) < 4.78 is 0. The van der Waals surface area contributed by atoms with E-state index in [2.05, 4.69) is 23.6 Å². The molecule has 2 unspecified atom stereocenters. The van der Waals surface area contributed by atoms with Crippen LogP contribution in [0, 0.1) is 0 Å². The number of piperazine rings is 1. The van der Waals surface area contributed by atoms with Gasteiger partial charge in [-0.3, -0.25) is 9.69 Å². The zero-order valence-corrected chi connectivity index (χ0v) is 11.1. The highest BCUT2D eigenvalue weighted by molar-refractivity contribution is 5.77. The van der Waals surface area contributed by atoms with Gasteiger partial charge in [0.05, 0.1) is 0 Å². The Labute approximate surface area is 104 Å². The van der Waals surface area contributed by atoms with Gasteiger partial charge >= 0.3 is 5.97 Å². The first kappa shape index (κ1) is 14.4. The number of likely N-dealkylation sites (N-methyl/N-ethyl adjacent to an activating group) is 1. The first-order valence-corrected chi connectivity index (χ1v) is 6.35. The molecular weight excluding hydrogens is 218 g/mol. The van der Waals surface area contributed by atoms with E-state index in [1.165, 1.54) is 0 Å². The van der Waals surface area contributed by atoms with Crippen molar-refractivity contribution in [2.75, 3.05) is 32.7 Å². The third-order valence-corrected chi connectivity index (χ3v) is 3.69. The van der Waals surface area contributed by atoms with Gasteiger partial charge in [0.1, 0.15) is 5.54 Å². The van der Waals surface area contributed by atoms with Crippen LogP contribution in [0.3, 0.4) is 0 Å². The van der Waals surface area contributed by atoms with Gasteiger partial charge in [-0.1, -0.05) is 6.92 Å². The van der Waals surface area contributed by atoms with E-state index >= 15 is 0 Å². The first-order valence-electron chi connectivity index (χ1n) is 6.35. The summed E-state index contributed by atoms with van der Waals surface area (Å²) in [5.41, 5.74) is 4.62. The van der Waals surface area contributed by atoms with Crippen molar-refractivity contribution in [3.63, 3.8) is 0 Å². The van der Waals surface area contributed by atoms with Gasteiger partial charge in [-0.25, -0.2) is 0 Å². The van der Waals surface area contributed by atoms with Crippen molar-refractivity contribution in [2.45, 2.75) is 38.8 Å². The molecule has 1 rings (SSSR count). The van der Waals surface area contributed by atoms with Crippen molar-refractivity contribution >= 4 is 5.97 Å². The van der Waals surface area contributed by atoms with Crippen LogP contribution in [-0.4, -0.2) is 65.2 Å². The number of carboxylic acid groups (broad SMARTS) is 1. The Bertz CT molecular complexity index is 268. The van der Waals surface area contributed by atoms with Crippen molar-refractivity contribution < 1.29 is 9.90 Å². The van der Waals surface area contributed by atoms with Gasteiger partial charge in [0.2, 0.25) is 0 Å². The molecule has 0 aliphatic carbocycles. The van der Waals surface area contributed by atoms with Crippen LogP contribution in [-0.2, 0) is 4.79 Å². The molecule has 0 amide bonds. The summed E-state index contributed by atoms with van der Waals surface area (Å²) in [7, 11) is 0. The highest BCUT2D eigenvalue weighted by atomic mass is 16.4. The number of carbonyl (C=O) groups is 1. The lowest BCUT2D eigenvalue weighted by atomic mass is 9.99. The Morgan fingerprint density at radius 1 is 1.53 bits per heavy atom. The quantitative estimate of drug-likeness (QED) is 0.722. The Morgan fingerprint density at radius 2 is 2.18 bits per heavy atom. The standard InChI is InChI=1S/C12H25N3O2/c1-4-15-8-7-14(9-10(15)2)6-5-12(3,13)11(16)17/h10H,4-9,13H2,1-3H3,(H,16,17).